The van der Waals surface area contributed by atoms with Crippen molar-refractivity contribution < 1.29 is 0 Å². The van der Waals surface area contributed by atoms with Gasteiger partial charge < -0.3 is 14.1 Å². The Bertz CT molecular complexity index is 3610. The molecular formula is C55H40N6. The van der Waals surface area contributed by atoms with Gasteiger partial charge in [-0.15, -0.1) is 0 Å². The van der Waals surface area contributed by atoms with Crippen LogP contribution in [0.2, 0.25) is 0 Å². The van der Waals surface area contributed by atoms with Crippen molar-refractivity contribution in [1.29, 1.82) is 0 Å². The van der Waals surface area contributed by atoms with Crippen LogP contribution in [0.3, 0.4) is 0 Å². The van der Waals surface area contributed by atoms with E-state index in [1.54, 1.807) is 0 Å². The van der Waals surface area contributed by atoms with Gasteiger partial charge in [0.1, 0.15) is 0 Å². The van der Waals surface area contributed by atoms with E-state index in [9.17, 15) is 0 Å². The van der Waals surface area contributed by atoms with Gasteiger partial charge in [-0.3, -0.25) is 15.0 Å². The molecular weight excluding hydrogens is 745 g/mol. The van der Waals surface area contributed by atoms with Gasteiger partial charge >= 0.3 is 0 Å². The summed E-state index contributed by atoms with van der Waals surface area (Å²) in [6.07, 6.45) is 16.1. The molecule has 6 nitrogen and oxygen atoms in total. The van der Waals surface area contributed by atoms with Gasteiger partial charge in [0.15, 0.2) is 0 Å². The molecule has 2 atom stereocenters. The molecule has 0 saturated carbocycles. The van der Waals surface area contributed by atoms with Crippen LogP contribution in [0.5, 0.6) is 0 Å². The van der Waals surface area contributed by atoms with Gasteiger partial charge in [-0.05, 0) is 136 Å². The Kier molecular flexibility index (Phi) is 7.29. The number of rotatable bonds is 4. The van der Waals surface area contributed by atoms with Gasteiger partial charge in [0.2, 0.25) is 0 Å². The highest BCUT2D eigenvalue weighted by Gasteiger charge is 2.32. The molecule has 0 fully saturated rings. The summed E-state index contributed by atoms with van der Waals surface area (Å²) in [5, 5.41) is 8.56. The number of pyridine rings is 3. The minimum Gasteiger partial charge on any atom is -0.366 e. The number of allylic oxidation sites excluding steroid dienone is 1. The Morgan fingerprint density at radius 2 is 1.25 bits per heavy atom. The molecule has 2 aliphatic carbocycles. The Morgan fingerprint density at radius 1 is 0.557 bits per heavy atom. The van der Waals surface area contributed by atoms with Crippen LogP contribution in [0.25, 0.3) is 99.7 Å². The van der Waals surface area contributed by atoms with E-state index >= 15 is 0 Å². The minimum atomic E-state index is 0.306. The second-order valence-corrected chi connectivity index (χ2v) is 17.0. The maximum atomic E-state index is 4.97. The number of hydrogen-bond acceptors (Lipinski definition) is 3. The Labute approximate surface area is 352 Å². The monoisotopic (exact) mass is 784 g/mol. The Morgan fingerprint density at radius 3 is 1.97 bits per heavy atom. The second kappa shape index (κ2) is 13.0. The van der Waals surface area contributed by atoms with Gasteiger partial charge in [-0.25, -0.2) is 0 Å². The first-order valence-corrected chi connectivity index (χ1v) is 21.3. The lowest BCUT2D eigenvalue weighted by Crippen LogP contribution is -2.13. The fourth-order valence-electron chi connectivity index (χ4n) is 10.7. The highest BCUT2D eigenvalue weighted by molar-refractivity contribution is 6.13. The lowest BCUT2D eigenvalue weighted by Gasteiger charge is -2.32. The SMILES string of the molecule is CC1c2cc3c4c(n(-c5cccnc5)c3cc2-c2cc3c(cc2C1C)c1cc(-c2nccc5ccccc25)ccc1n3-c1cc[nH]c1)CCC(c1nccc2ccccc12)=C4. The van der Waals surface area contributed by atoms with Crippen molar-refractivity contribution in [2.24, 2.45) is 0 Å². The van der Waals surface area contributed by atoms with Gasteiger partial charge in [0.25, 0.3) is 0 Å². The quantitative estimate of drug-likeness (QED) is 0.193. The molecule has 0 amide bonds. The van der Waals surface area contributed by atoms with Crippen molar-refractivity contribution in [1.82, 2.24) is 29.1 Å². The van der Waals surface area contributed by atoms with Crippen LogP contribution in [0.15, 0.2) is 159 Å². The Balaban J connectivity index is 1.06. The maximum absolute atomic E-state index is 4.97. The fraction of sp³-hybridized carbons (Fsp3) is 0.109. The van der Waals surface area contributed by atoms with Gasteiger partial charge in [-0.1, -0.05) is 68.4 Å². The fourth-order valence-corrected chi connectivity index (χ4v) is 10.7. The molecule has 61 heavy (non-hydrogen) atoms. The molecule has 0 aliphatic heterocycles. The molecule has 2 aliphatic rings. The average Bonchev–Trinajstić information content (AvgIpc) is 4.04. The lowest BCUT2D eigenvalue weighted by molar-refractivity contribution is 0.617. The summed E-state index contributed by atoms with van der Waals surface area (Å²) in [5.41, 5.74) is 18.3. The molecule has 13 rings (SSSR count). The van der Waals surface area contributed by atoms with E-state index in [1.165, 1.54) is 88.0 Å². The molecule has 2 unspecified atom stereocenters. The van der Waals surface area contributed by atoms with Crippen LogP contribution in [0, 0.1) is 0 Å². The zero-order chi connectivity index (χ0) is 40.3. The topological polar surface area (TPSA) is 64.3 Å². The van der Waals surface area contributed by atoms with E-state index in [2.05, 4.69) is 160 Å². The zero-order valence-corrected chi connectivity index (χ0v) is 33.9. The third kappa shape index (κ3) is 4.99. The molecule has 6 aromatic heterocycles. The zero-order valence-electron chi connectivity index (χ0n) is 33.9. The van der Waals surface area contributed by atoms with Crippen molar-refractivity contribution in [3.05, 3.63) is 187 Å². The summed E-state index contributed by atoms with van der Waals surface area (Å²) in [7, 11) is 0. The number of nitrogens with one attached hydrogen (secondary N) is 1. The predicted molar refractivity (Wildman–Crippen MR) is 251 cm³/mol. The van der Waals surface area contributed by atoms with Crippen molar-refractivity contribution in [2.45, 2.75) is 38.5 Å². The molecule has 290 valence electrons. The summed E-state index contributed by atoms with van der Waals surface area (Å²) in [4.78, 5) is 17.8. The van der Waals surface area contributed by atoms with Crippen LogP contribution < -0.4 is 0 Å². The number of benzene rings is 5. The first-order valence-electron chi connectivity index (χ1n) is 21.3. The number of aromatic amines is 1. The highest BCUT2D eigenvalue weighted by Crippen LogP contribution is 2.52. The largest absolute Gasteiger partial charge is 0.366 e. The van der Waals surface area contributed by atoms with Crippen molar-refractivity contribution in [3.8, 4) is 33.8 Å². The standard InChI is InChI=1S/C55H40N6/c1-32-33(2)43-27-49-47-25-37(55-41-12-6-4-9-35(41)18-23-59-55)14-16-51(47)61(39-19-21-57-31-39)53(49)29-45(43)44-28-52-48(26-42(32)44)46-24-36(54-40-11-5-3-8-34(40)17-22-58-54)13-15-50(46)60(52)38-10-7-20-56-30-38/h3-12,14,16-33,57H,13,15H2,1-2H3. The smallest absolute Gasteiger partial charge is 0.0780 e. The molecule has 6 heterocycles. The summed E-state index contributed by atoms with van der Waals surface area (Å²) >= 11 is 0. The van der Waals surface area contributed by atoms with Crippen molar-refractivity contribution in [3.63, 3.8) is 0 Å². The van der Waals surface area contributed by atoms with Crippen LogP contribution in [0.1, 0.15) is 60.2 Å². The lowest BCUT2D eigenvalue weighted by atomic mass is 9.72. The molecule has 0 bridgehead atoms. The summed E-state index contributed by atoms with van der Waals surface area (Å²) < 4.78 is 4.90. The van der Waals surface area contributed by atoms with Gasteiger partial charge in [0.05, 0.1) is 45.5 Å². The number of H-pyrrole nitrogens is 1. The minimum absolute atomic E-state index is 0.306. The Hall–Kier alpha value is -7.57. The molecule has 0 saturated heterocycles. The third-order valence-electron chi connectivity index (χ3n) is 13.9. The van der Waals surface area contributed by atoms with Crippen LogP contribution >= 0.6 is 0 Å². The maximum Gasteiger partial charge on any atom is 0.0780 e. The number of aromatic nitrogens is 6. The molecule has 6 heteroatoms. The molecule has 1 N–H and O–H groups in total. The first kappa shape index (κ1) is 34.3. The molecule has 0 spiro atoms. The summed E-state index contributed by atoms with van der Waals surface area (Å²) in [6, 6.07) is 44.6. The van der Waals surface area contributed by atoms with E-state index in [1.807, 2.05) is 37.1 Å². The molecule has 5 aromatic carbocycles. The highest BCUT2D eigenvalue weighted by atomic mass is 15.0. The molecule has 11 aromatic rings. The van der Waals surface area contributed by atoms with E-state index in [0.29, 0.717) is 11.8 Å². The van der Waals surface area contributed by atoms with Crippen LogP contribution in [-0.2, 0) is 6.42 Å². The van der Waals surface area contributed by atoms with E-state index in [0.717, 1.165) is 46.6 Å². The number of hydrogen-bond donors (Lipinski definition) is 1. The van der Waals surface area contributed by atoms with Crippen LogP contribution in [0.4, 0.5) is 0 Å². The summed E-state index contributed by atoms with van der Waals surface area (Å²) in [5.74, 6) is 0.613. The van der Waals surface area contributed by atoms with E-state index in [-0.39, 0.29) is 0 Å². The van der Waals surface area contributed by atoms with Crippen molar-refractivity contribution in [2.75, 3.05) is 0 Å². The summed E-state index contributed by atoms with van der Waals surface area (Å²) in [6.45, 7) is 4.83. The van der Waals surface area contributed by atoms with Gasteiger partial charge in [0, 0.05) is 74.7 Å². The van der Waals surface area contributed by atoms with E-state index < -0.39 is 0 Å². The average molecular weight is 785 g/mol. The van der Waals surface area contributed by atoms with Crippen molar-refractivity contribution >= 4 is 65.9 Å². The van der Waals surface area contributed by atoms with E-state index in [4.69, 9.17) is 9.97 Å². The number of nitrogens with zero attached hydrogens (tertiary/aromatic N) is 5. The van der Waals surface area contributed by atoms with Crippen LogP contribution in [-0.4, -0.2) is 29.1 Å². The van der Waals surface area contributed by atoms with Gasteiger partial charge in [-0.2, -0.15) is 0 Å². The normalized spacial score (nSPS) is 16.0. The second-order valence-electron chi connectivity index (χ2n) is 17.0. The number of fused-ring (bicyclic) bond motifs is 11. The predicted octanol–water partition coefficient (Wildman–Crippen LogP) is 13.6. The first-order chi connectivity index (χ1) is 30.1. The third-order valence-corrected chi connectivity index (χ3v) is 13.9. The molecule has 0 radical (unpaired) electrons.